The van der Waals surface area contributed by atoms with Crippen LogP contribution in [0.25, 0.3) is 22.0 Å². The molecule has 0 aliphatic heterocycles. The van der Waals surface area contributed by atoms with Crippen molar-refractivity contribution in [3.05, 3.63) is 126 Å². The number of rotatable bonds is 8. The molecule has 9 heteroatoms. The van der Waals surface area contributed by atoms with Crippen molar-refractivity contribution in [2.24, 2.45) is 0 Å². The first-order chi connectivity index (χ1) is 20.0. The molecule has 0 saturated heterocycles. The smallest absolute Gasteiger partial charge is 0.406 e. The number of nitrogens with one attached hydrogen (secondary N) is 1. The normalized spacial score (nSPS) is 11.0. The van der Waals surface area contributed by atoms with Gasteiger partial charge in [0.2, 0.25) is 0 Å². The standard InChI is InChI=1S/C32H29N7O2/c1-22-16-36-38(18-22)19-23-7-9-24(10-8-23)20-39-21-29(30(37-39)26-5-3-2-4-6-26)41-32(40)35-17-25-11-12-28-27(15-25)13-14-34-31(28)33/h2-16,18,21H,17,19-20H2,1H3,(H2,33,34)(H,35,40). The highest BCUT2D eigenvalue weighted by atomic mass is 16.6. The number of amides is 1. The highest BCUT2D eigenvalue weighted by Crippen LogP contribution is 2.29. The van der Waals surface area contributed by atoms with Gasteiger partial charge in [-0.25, -0.2) is 9.78 Å². The van der Waals surface area contributed by atoms with Gasteiger partial charge in [0.15, 0.2) is 5.75 Å². The minimum atomic E-state index is -0.561. The predicted octanol–water partition coefficient (Wildman–Crippen LogP) is 5.57. The molecule has 3 N–H and O–H groups in total. The Kier molecular flexibility index (Phi) is 7.15. The van der Waals surface area contributed by atoms with E-state index < -0.39 is 6.09 Å². The van der Waals surface area contributed by atoms with E-state index in [1.807, 2.05) is 78.6 Å². The minimum absolute atomic E-state index is 0.302. The zero-order valence-corrected chi connectivity index (χ0v) is 22.6. The van der Waals surface area contributed by atoms with Crippen molar-refractivity contribution in [3.63, 3.8) is 0 Å². The molecule has 1 amide bonds. The Morgan fingerprint density at radius 3 is 2.37 bits per heavy atom. The molecule has 0 atom stereocenters. The Balaban J connectivity index is 1.15. The molecular formula is C32H29N7O2. The lowest BCUT2D eigenvalue weighted by atomic mass is 10.1. The molecule has 0 aliphatic carbocycles. The van der Waals surface area contributed by atoms with E-state index in [1.165, 1.54) is 0 Å². The van der Waals surface area contributed by atoms with E-state index in [2.05, 4.69) is 39.7 Å². The van der Waals surface area contributed by atoms with Crippen molar-refractivity contribution in [1.29, 1.82) is 0 Å². The van der Waals surface area contributed by atoms with Crippen molar-refractivity contribution in [2.75, 3.05) is 5.73 Å². The number of benzene rings is 3. The van der Waals surface area contributed by atoms with Gasteiger partial charge in [-0.05, 0) is 46.7 Å². The van der Waals surface area contributed by atoms with Crippen molar-refractivity contribution in [1.82, 2.24) is 29.9 Å². The molecule has 204 valence electrons. The van der Waals surface area contributed by atoms with Crippen LogP contribution >= 0.6 is 0 Å². The Hall–Kier alpha value is -5.44. The van der Waals surface area contributed by atoms with Crippen molar-refractivity contribution in [2.45, 2.75) is 26.6 Å². The van der Waals surface area contributed by atoms with Gasteiger partial charge >= 0.3 is 6.09 Å². The van der Waals surface area contributed by atoms with E-state index in [4.69, 9.17) is 15.6 Å². The Labute approximate surface area is 237 Å². The second kappa shape index (κ2) is 11.4. The number of nitrogens with zero attached hydrogens (tertiary/aromatic N) is 5. The zero-order chi connectivity index (χ0) is 28.2. The summed E-state index contributed by atoms with van der Waals surface area (Å²) in [5, 5.41) is 13.8. The predicted molar refractivity (Wildman–Crippen MR) is 158 cm³/mol. The average Bonchev–Trinajstić information content (AvgIpc) is 3.58. The van der Waals surface area contributed by atoms with E-state index >= 15 is 0 Å². The third-order valence-electron chi connectivity index (χ3n) is 6.75. The summed E-state index contributed by atoms with van der Waals surface area (Å²) in [6.07, 6.45) is 6.75. The van der Waals surface area contributed by atoms with Gasteiger partial charge in [0.05, 0.1) is 25.5 Å². The van der Waals surface area contributed by atoms with Crippen LogP contribution in [0, 0.1) is 6.92 Å². The summed E-state index contributed by atoms with van der Waals surface area (Å²) < 4.78 is 9.47. The number of fused-ring (bicyclic) bond motifs is 1. The summed E-state index contributed by atoms with van der Waals surface area (Å²) in [6.45, 7) is 3.57. The SMILES string of the molecule is Cc1cnn(Cc2ccc(Cn3cc(OC(=O)NCc4ccc5c(N)nccc5c4)c(-c4ccccc4)n3)cc2)c1. The molecule has 0 radical (unpaired) electrons. The number of aryl methyl sites for hydroxylation is 1. The van der Waals surface area contributed by atoms with Gasteiger partial charge in [-0.15, -0.1) is 0 Å². The molecule has 0 bridgehead atoms. The maximum Gasteiger partial charge on any atom is 0.413 e. The van der Waals surface area contributed by atoms with Gasteiger partial charge in [0.25, 0.3) is 0 Å². The molecule has 0 saturated carbocycles. The first kappa shape index (κ1) is 25.8. The first-order valence-corrected chi connectivity index (χ1v) is 13.3. The number of nitrogens with two attached hydrogens (primary N) is 1. The van der Waals surface area contributed by atoms with Gasteiger partial charge in [-0.2, -0.15) is 10.2 Å². The van der Waals surface area contributed by atoms with Gasteiger partial charge in [-0.3, -0.25) is 9.36 Å². The number of carbonyl (C=O) groups excluding carboxylic acids is 1. The number of aromatic nitrogens is 5. The quantitative estimate of drug-likeness (QED) is 0.260. The number of nitrogen functional groups attached to an aromatic ring is 1. The van der Waals surface area contributed by atoms with Crippen LogP contribution in [0.5, 0.6) is 5.75 Å². The maximum absolute atomic E-state index is 12.8. The zero-order valence-electron chi connectivity index (χ0n) is 22.6. The molecule has 9 nitrogen and oxygen atoms in total. The van der Waals surface area contributed by atoms with Crippen molar-refractivity contribution >= 4 is 22.7 Å². The van der Waals surface area contributed by atoms with E-state index in [0.29, 0.717) is 36.9 Å². The highest BCUT2D eigenvalue weighted by molar-refractivity contribution is 5.91. The molecule has 41 heavy (non-hydrogen) atoms. The molecule has 0 fully saturated rings. The van der Waals surface area contributed by atoms with Crippen LogP contribution in [0.15, 0.2) is 104 Å². The summed E-state index contributed by atoms with van der Waals surface area (Å²) >= 11 is 0. The van der Waals surface area contributed by atoms with Crippen molar-refractivity contribution < 1.29 is 9.53 Å². The molecule has 3 heterocycles. The maximum atomic E-state index is 12.8. The summed E-state index contributed by atoms with van der Waals surface area (Å²) in [7, 11) is 0. The van der Waals surface area contributed by atoms with Gasteiger partial charge in [0.1, 0.15) is 11.5 Å². The van der Waals surface area contributed by atoms with E-state index in [-0.39, 0.29) is 0 Å². The highest BCUT2D eigenvalue weighted by Gasteiger charge is 2.16. The van der Waals surface area contributed by atoms with Gasteiger partial charge in [0, 0.05) is 29.9 Å². The number of hydrogen-bond donors (Lipinski definition) is 2. The monoisotopic (exact) mass is 543 g/mol. The Bertz CT molecular complexity index is 1810. The molecule has 3 aromatic heterocycles. The largest absolute Gasteiger partial charge is 0.413 e. The van der Waals surface area contributed by atoms with E-state index in [0.717, 1.165) is 38.6 Å². The topological polar surface area (TPSA) is 113 Å². The van der Waals surface area contributed by atoms with Gasteiger partial charge < -0.3 is 15.8 Å². The number of hydrogen-bond acceptors (Lipinski definition) is 6. The van der Waals surface area contributed by atoms with E-state index in [9.17, 15) is 4.79 Å². The van der Waals surface area contributed by atoms with Gasteiger partial charge in [-0.1, -0.05) is 66.7 Å². The minimum Gasteiger partial charge on any atom is -0.406 e. The fraction of sp³-hybridized carbons (Fsp3) is 0.125. The number of pyridine rings is 1. The molecular weight excluding hydrogens is 514 g/mol. The Morgan fingerprint density at radius 2 is 1.63 bits per heavy atom. The Morgan fingerprint density at radius 1 is 0.902 bits per heavy atom. The lowest BCUT2D eigenvalue weighted by molar-refractivity contribution is 0.200. The molecule has 6 aromatic rings. The molecule has 0 spiro atoms. The molecule has 6 rings (SSSR count). The molecule has 0 unspecified atom stereocenters. The number of carbonyl (C=O) groups is 1. The average molecular weight is 544 g/mol. The number of ether oxygens (including phenoxy) is 1. The van der Waals surface area contributed by atoms with Crippen LogP contribution in [-0.2, 0) is 19.6 Å². The molecule has 3 aromatic carbocycles. The van der Waals surface area contributed by atoms with Crippen LogP contribution in [0.1, 0.15) is 22.3 Å². The summed E-state index contributed by atoms with van der Waals surface area (Å²) in [4.78, 5) is 17.0. The first-order valence-electron chi connectivity index (χ1n) is 13.3. The fourth-order valence-electron chi connectivity index (χ4n) is 4.70. The third-order valence-corrected chi connectivity index (χ3v) is 6.75. The fourth-order valence-corrected chi connectivity index (χ4v) is 4.70. The summed E-state index contributed by atoms with van der Waals surface area (Å²) in [6, 6.07) is 25.7. The van der Waals surface area contributed by atoms with Crippen LogP contribution in [-0.4, -0.2) is 30.6 Å². The second-order valence-corrected chi connectivity index (χ2v) is 9.93. The molecule has 0 aliphatic rings. The summed E-state index contributed by atoms with van der Waals surface area (Å²) in [5.74, 6) is 0.865. The lowest BCUT2D eigenvalue weighted by Gasteiger charge is -2.08. The lowest BCUT2D eigenvalue weighted by Crippen LogP contribution is -2.26. The van der Waals surface area contributed by atoms with Crippen LogP contribution < -0.4 is 15.8 Å². The van der Waals surface area contributed by atoms with Crippen molar-refractivity contribution in [3.8, 4) is 17.0 Å². The van der Waals surface area contributed by atoms with Crippen LogP contribution in [0.3, 0.4) is 0 Å². The number of anilines is 1. The third kappa shape index (κ3) is 6.09. The summed E-state index contributed by atoms with van der Waals surface area (Å²) in [5.41, 5.74) is 11.7. The van der Waals surface area contributed by atoms with Crippen LogP contribution in [0.2, 0.25) is 0 Å². The van der Waals surface area contributed by atoms with E-state index in [1.54, 1.807) is 17.1 Å². The van der Waals surface area contributed by atoms with Crippen LogP contribution in [0.4, 0.5) is 10.6 Å². The second-order valence-electron chi connectivity index (χ2n) is 9.93.